The van der Waals surface area contributed by atoms with Crippen LogP contribution in [0.15, 0.2) is 51.9 Å². The molecule has 4 nitrogen and oxygen atoms in total. The Bertz CT molecular complexity index is 809. The summed E-state index contributed by atoms with van der Waals surface area (Å²) in [5.74, 6) is 0. The second kappa shape index (κ2) is 4.83. The molecule has 3 aromatic rings. The molecule has 2 heterocycles. The average Bonchev–Trinajstić information content (AvgIpc) is 2.70. The summed E-state index contributed by atoms with van der Waals surface area (Å²) in [4.78, 5) is 12.1. The molecular weight excluding hydrogens is 330 g/mol. The Balaban J connectivity index is 2.06. The SMILES string of the molecule is O=c1n(Cc2ccc(Br)cc2Cl)nc2ccccn12. The summed E-state index contributed by atoms with van der Waals surface area (Å²) in [7, 11) is 0. The van der Waals surface area contributed by atoms with Crippen molar-refractivity contribution in [2.45, 2.75) is 6.54 Å². The van der Waals surface area contributed by atoms with Gasteiger partial charge in [-0.25, -0.2) is 9.48 Å². The number of benzene rings is 1. The van der Waals surface area contributed by atoms with E-state index in [0.717, 1.165) is 10.0 Å². The molecule has 0 spiro atoms. The van der Waals surface area contributed by atoms with Gasteiger partial charge in [-0.05, 0) is 29.8 Å². The van der Waals surface area contributed by atoms with Crippen LogP contribution in [-0.4, -0.2) is 14.2 Å². The first-order chi connectivity index (χ1) is 9.15. The Morgan fingerprint density at radius 2 is 2.11 bits per heavy atom. The molecule has 1 aromatic carbocycles. The highest BCUT2D eigenvalue weighted by atomic mass is 79.9. The van der Waals surface area contributed by atoms with Crippen LogP contribution in [0.3, 0.4) is 0 Å². The van der Waals surface area contributed by atoms with E-state index < -0.39 is 0 Å². The van der Waals surface area contributed by atoms with E-state index in [2.05, 4.69) is 21.0 Å². The van der Waals surface area contributed by atoms with Gasteiger partial charge in [0.05, 0.1) is 6.54 Å². The molecule has 0 aliphatic heterocycles. The van der Waals surface area contributed by atoms with Crippen LogP contribution in [0.2, 0.25) is 5.02 Å². The van der Waals surface area contributed by atoms with Gasteiger partial charge in [-0.2, -0.15) is 0 Å². The van der Waals surface area contributed by atoms with Gasteiger partial charge in [0.25, 0.3) is 0 Å². The number of rotatable bonds is 2. The van der Waals surface area contributed by atoms with E-state index in [1.807, 2.05) is 18.2 Å². The average molecular weight is 339 g/mol. The quantitative estimate of drug-likeness (QED) is 0.720. The van der Waals surface area contributed by atoms with Crippen molar-refractivity contribution >= 4 is 33.2 Å². The molecule has 2 aromatic heterocycles. The number of aromatic nitrogens is 3. The van der Waals surface area contributed by atoms with E-state index in [1.54, 1.807) is 24.4 Å². The first-order valence-electron chi connectivity index (χ1n) is 5.63. The van der Waals surface area contributed by atoms with Crippen LogP contribution in [0.4, 0.5) is 0 Å². The molecule has 3 rings (SSSR count). The predicted molar refractivity (Wildman–Crippen MR) is 77.7 cm³/mol. The smallest absolute Gasteiger partial charge is 0.250 e. The molecule has 96 valence electrons. The number of nitrogens with zero attached hydrogens (tertiary/aromatic N) is 3. The summed E-state index contributed by atoms with van der Waals surface area (Å²) in [6.07, 6.45) is 1.70. The number of halogens is 2. The van der Waals surface area contributed by atoms with E-state index in [-0.39, 0.29) is 5.69 Å². The third-order valence-electron chi connectivity index (χ3n) is 2.82. The molecule has 0 amide bonds. The third-order valence-corrected chi connectivity index (χ3v) is 3.67. The van der Waals surface area contributed by atoms with Gasteiger partial charge < -0.3 is 0 Å². The monoisotopic (exact) mass is 337 g/mol. The molecule has 6 heteroatoms. The van der Waals surface area contributed by atoms with Gasteiger partial charge in [0.2, 0.25) is 0 Å². The third kappa shape index (κ3) is 2.31. The standard InChI is InChI=1S/C13H9BrClN3O/c14-10-5-4-9(11(15)7-10)8-18-13(19)17-6-2-1-3-12(17)16-18/h1-7H,8H2. The molecule has 0 aliphatic carbocycles. The summed E-state index contributed by atoms with van der Waals surface area (Å²) in [5.41, 5.74) is 1.31. The zero-order valence-electron chi connectivity index (χ0n) is 9.75. The number of fused-ring (bicyclic) bond motifs is 1. The molecule has 0 fully saturated rings. The van der Waals surface area contributed by atoms with Crippen LogP contribution < -0.4 is 5.69 Å². The highest BCUT2D eigenvalue weighted by molar-refractivity contribution is 9.10. The normalized spacial score (nSPS) is 11.1. The molecule has 0 N–H and O–H groups in total. The first-order valence-corrected chi connectivity index (χ1v) is 6.80. The molecule has 0 atom stereocenters. The van der Waals surface area contributed by atoms with Crippen molar-refractivity contribution in [3.8, 4) is 0 Å². The molecule has 19 heavy (non-hydrogen) atoms. The topological polar surface area (TPSA) is 39.3 Å². The summed E-state index contributed by atoms with van der Waals surface area (Å²) in [6.45, 7) is 0.354. The zero-order valence-corrected chi connectivity index (χ0v) is 12.1. The summed E-state index contributed by atoms with van der Waals surface area (Å²) < 4.78 is 3.82. The fourth-order valence-corrected chi connectivity index (χ4v) is 2.62. The van der Waals surface area contributed by atoms with Crippen molar-refractivity contribution in [1.82, 2.24) is 14.2 Å². The van der Waals surface area contributed by atoms with Gasteiger partial charge in [0.15, 0.2) is 5.65 Å². The maximum atomic E-state index is 12.1. The Morgan fingerprint density at radius 1 is 1.26 bits per heavy atom. The minimum Gasteiger partial charge on any atom is -0.250 e. The van der Waals surface area contributed by atoms with E-state index in [1.165, 1.54) is 9.08 Å². The van der Waals surface area contributed by atoms with Crippen molar-refractivity contribution in [2.75, 3.05) is 0 Å². The zero-order chi connectivity index (χ0) is 13.4. The van der Waals surface area contributed by atoms with Crippen LogP contribution in [0, 0.1) is 0 Å². The Morgan fingerprint density at radius 3 is 2.84 bits per heavy atom. The lowest BCUT2D eigenvalue weighted by atomic mass is 10.2. The fraction of sp³-hybridized carbons (Fsp3) is 0.0769. The van der Waals surface area contributed by atoms with Gasteiger partial charge in [0.1, 0.15) is 0 Å². The number of pyridine rings is 1. The van der Waals surface area contributed by atoms with Crippen LogP contribution >= 0.6 is 27.5 Å². The van der Waals surface area contributed by atoms with E-state index in [9.17, 15) is 4.79 Å². The molecule has 0 bridgehead atoms. The van der Waals surface area contributed by atoms with Gasteiger partial charge in [-0.15, -0.1) is 5.10 Å². The lowest BCUT2D eigenvalue weighted by Gasteiger charge is -2.03. The number of hydrogen-bond acceptors (Lipinski definition) is 2. The highest BCUT2D eigenvalue weighted by Crippen LogP contribution is 2.21. The Kier molecular flexibility index (Phi) is 3.16. The minimum absolute atomic E-state index is 0.172. The van der Waals surface area contributed by atoms with Crippen LogP contribution in [0.25, 0.3) is 5.65 Å². The largest absolute Gasteiger partial charge is 0.350 e. The van der Waals surface area contributed by atoms with Crippen molar-refractivity contribution in [3.05, 3.63) is 68.1 Å². The van der Waals surface area contributed by atoms with Gasteiger partial charge in [0, 0.05) is 15.7 Å². The fourth-order valence-electron chi connectivity index (χ4n) is 1.88. The van der Waals surface area contributed by atoms with E-state index in [0.29, 0.717) is 17.2 Å². The summed E-state index contributed by atoms with van der Waals surface area (Å²) in [5, 5.41) is 4.88. The van der Waals surface area contributed by atoms with Gasteiger partial charge in [-0.1, -0.05) is 39.7 Å². The summed E-state index contributed by atoms with van der Waals surface area (Å²) in [6, 6.07) is 11.0. The molecule has 0 saturated heterocycles. The van der Waals surface area contributed by atoms with Gasteiger partial charge in [-0.3, -0.25) is 4.40 Å². The second-order valence-corrected chi connectivity index (χ2v) is 5.43. The molecular formula is C13H9BrClN3O. The lowest BCUT2D eigenvalue weighted by molar-refractivity contribution is 0.659. The molecule has 0 saturated carbocycles. The molecule has 0 aliphatic rings. The van der Waals surface area contributed by atoms with Crippen LogP contribution in [-0.2, 0) is 6.54 Å². The first kappa shape index (κ1) is 12.4. The van der Waals surface area contributed by atoms with Gasteiger partial charge >= 0.3 is 5.69 Å². The van der Waals surface area contributed by atoms with E-state index >= 15 is 0 Å². The Labute approximate surface area is 122 Å². The van der Waals surface area contributed by atoms with Crippen molar-refractivity contribution in [3.63, 3.8) is 0 Å². The van der Waals surface area contributed by atoms with Crippen LogP contribution in [0.5, 0.6) is 0 Å². The van der Waals surface area contributed by atoms with Crippen LogP contribution in [0.1, 0.15) is 5.56 Å². The highest BCUT2D eigenvalue weighted by Gasteiger charge is 2.08. The maximum Gasteiger partial charge on any atom is 0.350 e. The Hall–Kier alpha value is -1.59. The van der Waals surface area contributed by atoms with Crippen molar-refractivity contribution in [2.24, 2.45) is 0 Å². The van der Waals surface area contributed by atoms with Crippen molar-refractivity contribution < 1.29 is 0 Å². The predicted octanol–water partition coefficient (Wildman–Crippen LogP) is 2.96. The maximum absolute atomic E-state index is 12.1. The van der Waals surface area contributed by atoms with Crippen molar-refractivity contribution in [1.29, 1.82) is 0 Å². The van der Waals surface area contributed by atoms with E-state index in [4.69, 9.17) is 11.6 Å². The molecule has 0 radical (unpaired) electrons. The second-order valence-electron chi connectivity index (χ2n) is 4.10. The molecule has 0 unspecified atom stereocenters. The minimum atomic E-state index is -0.172. The summed E-state index contributed by atoms with van der Waals surface area (Å²) >= 11 is 9.50. The number of hydrogen-bond donors (Lipinski definition) is 0. The lowest BCUT2D eigenvalue weighted by Crippen LogP contribution is -2.21.